The van der Waals surface area contributed by atoms with Crippen molar-refractivity contribution >= 4 is 27.3 Å². The summed E-state index contributed by atoms with van der Waals surface area (Å²) in [6.07, 6.45) is 5.51. The van der Waals surface area contributed by atoms with Gasteiger partial charge in [-0.1, -0.05) is 13.3 Å². The first-order valence-electron chi connectivity index (χ1n) is 6.78. The quantitative estimate of drug-likeness (QED) is 0.856. The Morgan fingerprint density at radius 2 is 2.22 bits per heavy atom. The predicted octanol–water partition coefficient (Wildman–Crippen LogP) is 3.93. The molecule has 1 heterocycles. The molecule has 0 aromatic carbocycles. The monoisotopic (exact) mass is 331 g/mol. The standard InChI is InChI=1S/C14H22BrNOS/c1-2-11-3-6-14(17,7-4-11)10-16-9-13-12(15)5-8-18-13/h5,8,11,16-17H,2-4,6-7,9-10H2,1H3. The van der Waals surface area contributed by atoms with Crippen molar-refractivity contribution < 1.29 is 5.11 Å². The number of halogens is 1. The molecule has 0 amide bonds. The molecule has 102 valence electrons. The summed E-state index contributed by atoms with van der Waals surface area (Å²) in [7, 11) is 0. The van der Waals surface area contributed by atoms with Gasteiger partial charge in [-0.25, -0.2) is 0 Å². The van der Waals surface area contributed by atoms with Gasteiger partial charge in [-0.15, -0.1) is 11.3 Å². The van der Waals surface area contributed by atoms with Crippen LogP contribution in [0.15, 0.2) is 15.9 Å². The van der Waals surface area contributed by atoms with E-state index in [1.165, 1.54) is 28.6 Å². The molecular formula is C14H22BrNOS. The first-order valence-corrected chi connectivity index (χ1v) is 8.45. The summed E-state index contributed by atoms with van der Waals surface area (Å²) in [5, 5.41) is 16.0. The average molecular weight is 332 g/mol. The third-order valence-electron chi connectivity index (χ3n) is 4.04. The molecule has 18 heavy (non-hydrogen) atoms. The highest BCUT2D eigenvalue weighted by Crippen LogP contribution is 2.33. The normalized spacial score (nSPS) is 28.5. The third kappa shape index (κ3) is 3.80. The summed E-state index contributed by atoms with van der Waals surface area (Å²) in [6.45, 7) is 3.81. The van der Waals surface area contributed by atoms with E-state index in [4.69, 9.17) is 0 Å². The van der Waals surface area contributed by atoms with Crippen molar-refractivity contribution in [3.05, 3.63) is 20.8 Å². The molecule has 0 spiro atoms. The molecule has 0 bridgehead atoms. The molecule has 0 aliphatic heterocycles. The molecule has 1 saturated carbocycles. The van der Waals surface area contributed by atoms with Crippen LogP contribution in [-0.4, -0.2) is 17.3 Å². The number of aliphatic hydroxyl groups is 1. The second kappa shape index (κ2) is 6.51. The molecule has 1 aliphatic rings. The zero-order chi connectivity index (χ0) is 13.0. The summed E-state index contributed by atoms with van der Waals surface area (Å²) in [5.41, 5.74) is -0.477. The van der Waals surface area contributed by atoms with Gasteiger partial charge in [0, 0.05) is 22.4 Å². The number of hydrogen-bond donors (Lipinski definition) is 2. The molecule has 2 N–H and O–H groups in total. The van der Waals surface area contributed by atoms with Crippen LogP contribution in [0, 0.1) is 5.92 Å². The van der Waals surface area contributed by atoms with Crippen molar-refractivity contribution in [2.24, 2.45) is 5.92 Å². The van der Waals surface area contributed by atoms with Crippen molar-refractivity contribution in [2.75, 3.05) is 6.54 Å². The van der Waals surface area contributed by atoms with Crippen LogP contribution >= 0.6 is 27.3 Å². The fourth-order valence-corrected chi connectivity index (χ4v) is 4.12. The van der Waals surface area contributed by atoms with Gasteiger partial charge in [0.25, 0.3) is 0 Å². The molecule has 1 aliphatic carbocycles. The molecule has 0 unspecified atom stereocenters. The highest BCUT2D eigenvalue weighted by atomic mass is 79.9. The molecule has 1 fully saturated rings. The van der Waals surface area contributed by atoms with E-state index in [-0.39, 0.29) is 0 Å². The van der Waals surface area contributed by atoms with Gasteiger partial charge in [0.05, 0.1) is 5.60 Å². The van der Waals surface area contributed by atoms with E-state index in [0.717, 1.165) is 25.3 Å². The van der Waals surface area contributed by atoms with Crippen molar-refractivity contribution in [2.45, 2.75) is 51.2 Å². The van der Waals surface area contributed by atoms with Gasteiger partial charge >= 0.3 is 0 Å². The summed E-state index contributed by atoms with van der Waals surface area (Å²) in [5.74, 6) is 0.830. The van der Waals surface area contributed by atoms with Crippen molar-refractivity contribution in [3.63, 3.8) is 0 Å². The minimum atomic E-state index is -0.477. The second-order valence-corrected chi connectivity index (χ2v) is 7.23. The number of thiophene rings is 1. The Balaban J connectivity index is 1.75. The van der Waals surface area contributed by atoms with Crippen molar-refractivity contribution in [1.82, 2.24) is 5.32 Å². The lowest BCUT2D eigenvalue weighted by Gasteiger charge is -2.36. The smallest absolute Gasteiger partial charge is 0.0771 e. The molecule has 1 aromatic heterocycles. The third-order valence-corrected chi connectivity index (χ3v) is 5.97. The van der Waals surface area contributed by atoms with Crippen LogP contribution < -0.4 is 5.32 Å². The summed E-state index contributed by atoms with van der Waals surface area (Å²) in [6, 6.07) is 2.07. The fraction of sp³-hybridized carbons (Fsp3) is 0.714. The lowest BCUT2D eigenvalue weighted by Crippen LogP contribution is -2.43. The summed E-state index contributed by atoms with van der Waals surface area (Å²) in [4.78, 5) is 1.31. The zero-order valence-electron chi connectivity index (χ0n) is 10.9. The van der Waals surface area contributed by atoms with Crippen LogP contribution in [0.2, 0.25) is 0 Å². The zero-order valence-corrected chi connectivity index (χ0v) is 13.3. The molecule has 2 rings (SSSR count). The maximum absolute atomic E-state index is 10.5. The Morgan fingerprint density at radius 3 is 2.78 bits per heavy atom. The van der Waals surface area contributed by atoms with Gasteiger partial charge in [0.1, 0.15) is 0 Å². The van der Waals surface area contributed by atoms with E-state index in [9.17, 15) is 5.11 Å². The lowest BCUT2D eigenvalue weighted by molar-refractivity contribution is -0.00877. The van der Waals surface area contributed by atoms with Gasteiger partial charge in [-0.3, -0.25) is 0 Å². The Bertz CT molecular complexity index is 372. The van der Waals surface area contributed by atoms with Crippen LogP contribution in [-0.2, 0) is 6.54 Å². The number of nitrogens with one attached hydrogen (secondary N) is 1. The van der Waals surface area contributed by atoms with E-state index >= 15 is 0 Å². The summed E-state index contributed by atoms with van der Waals surface area (Å²) >= 11 is 5.28. The molecule has 0 atom stereocenters. The Labute approximate surface area is 122 Å². The van der Waals surface area contributed by atoms with Gasteiger partial charge in [0.15, 0.2) is 0 Å². The summed E-state index contributed by atoms with van der Waals surface area (Å²) < 4.78 is 1.17. The minimum absolute atomic E-state index is 0.477. The number of hydrogen-bond acceptors (Lipinski definition) is 3. The molecule has 0 radical (unpaired) electrons. The van der Waals surface area contributed by atoms with Crippen LogP contribution in [0.1, 0.15) is 43.9 Å². The Kier molecular flexibility index (Phi) is 5.24. The topological polar surface area (TPSA) is 32.3 Å². The van der Waals surface area contributed by atoms with Gasteiger partial charge in [0.2, 0.25) is 0 Å². The van der Waals surface area contributed by atoms with E-state index in [0.29, 0.717) is 6.54 Å². The average Bonchev–Trinajstić information content (AvgIpc) is 2.76. The second-order valence-electron chi connectivity index (χ2n) is 5.37. The fourth-order valence-electron chi connectivity index (χ4n) is 2.66. The highest BCUT2D eigenvalue weighted by Gasteiger charge is 2.32. The lowest BCUT2D eigenvalue weighted by atomic mass is 9.78. The molecule has 1 aromatic rings. The van der Waals surface area contributed by atoms with Crippen molar-refractivity contribution in [3.8, 4) is 0 Å². The maximum atomic E-state index is 10.5. The predicted molar refractivity (Wildman–Crippen MR) is 80.9 cm³/mol. The molecular weight excluding hydrogens is 310 g/mol. The highest BCUT2D eigenvalue weighted by molar-refractivity contribution is 9.10. The largest absolute Gasteiger partial charge is 0.389 e. The van der Waals surface area contributed by atoms with Gasteiger partial charge < -0.3 is 10.4 Å². The van der Waals surface area contributed by atoms with Gasteiger partial charge in [-0.05, 0) is 59.0 Å². The SMILES string of the molecule is CCC1CCC(O)(CNCc2sccc2Br)CC1. The molecule has 0 saturated heterocycles. The van der Waals surface area contributed by atoms with Crippen LogP contribution in [0.4, 0.5) is 0 Å². The van der Waals surface area contributed by atoms with Crippen LogP contribution in [0.3, 0.4) is 0 Å². The minimum Gasteiger partial charge on any atom is -0.389 e. The molecule has 4 heteroatoms. The first-order chi connectivity index (χ1) is 8.63. The molecule has 2 nitrogen and oxygen atoms in total. The number of rotatable bonds is 5. The first kappa shape index (κ1) is 14.5. The van der Waals surface area contributed by atoms with Crippen molar-refractivity contribution in [1.29, 1.82) is 0 Å². The van der Waals surface area contributed by atoms with E-state index in [2.05, 4.69) is 39.6 Å². The van der Waals surface area contributed by atoms with Crippen LogP contribution in [0.5, 0.6) is 0 Å². The Morgan fingerprint density at radius 1 is 1.50 bits per heavy atom. The van der Waals surface area contributed by atoms with E-state index in [1.807, 2.05) is 0 Å². The van der Waals surface area contributed by atoms with Crippen LogP contribution in [0.25, 0.3) is 0 Å². The van der Waals surface area contributed by atoms with E-state index < -0.39 is 5.60 Å². The Hall–Kier alpha value is 0.100. The van der Waals surface area contributed by atoms with Gasteiger partial charge in [-0.2, -0.15) is 0 Å². The van der Waals surface area contributed by atoms with E-state index in [1.54, 1.807) is 11.3 Å². The maximum Gasteiger partial charge on any atom is 0.0771 e.